The van der Waals surface area contributed by atoms with Crippen LogP contribution in [0.1, 0.15) is 54.6 Å². The molecule has 1 atom stereocenters. The van der Waals surface area contributed by atoms with Gasteiger partial charge in [-0.3, -0.25) is 14.7 Å². The number of carbonyl (C=O) groups excluding carboxylic acids is 1. The molecule has 0 aliphatic carbocycles. The Hall–Kier alpha value is -3.08. The Morgan fingerprint density at radius 1 is 1.00 bits per heavy atom. The van der Waals surface area contributed by atoms with Crippen molar-refractivity contribution in [3.63, 3.8) is 0 Å². The highest BCUT2D eigenvalue weighted by Crippen LogP contribution is 2.39. The van der Waals surface area contributed by atoms with E-state index < -0.39 is 6.36 Å². The van der Waals surface area contributed by atoms with E-state index in [9.17, 15) is 18.0 Å². The summed E-state index contributed by atoms with van der Waals surface area (Å²) in [5.41, 5.74) is 0.969. The average molecular weight is 624 g/mol. The van der Waals surface area contributed by atoms with E-state index in [0.29, 0.717) is 19.0 Å². The van der Waals surface area contributed by atoms with Crippen molar-refractivity contribution < 1.29 is 27.4 Å². The van der Waals surface area contributed by atoms with Gasteiger partial charge in [0.25, 0.3) is 5.91 Å². The van der Waals surface area contributed by atoms with Crippen molar-refractivity contribution in [2.75, 3.05) is 26.2 Å². The zero-order chi connectivity index (χ0) is 29.9. The van der Waals surface area contributed by atoms with E-state index in [1.807, 2.05) is 6.07 Å². The zero-order valence-corrected chi connectivity index (χ0v) is 24.5. The lowest BCUT2D eigenvalue weighted by atomic mass is 9.82. The van der Waals surface area contributed by atoms with Crippen LogP contribution in [-0.4, -0.2) is 63.8 Å². The molecule has 2 aliphatic heterocycles. The van der Waals surface area contributed by atoms with Gasteiger partial charge in [-0.15, -0.1) is 13.2 Å². The largest absolute Gasteiger partial charge is 0.573 e. The van der Waals surface area contributed by atoms with Gasteiger partial charge in [-0.25, -0.2) is 4.98 Å². The molecule has 0 radical (unpaired) electrons. The molecule has 42 heavy (non-hydrogen) atoms. The third-order valence-corrected chi connectivity index (χ3v) is 8.83. The highest BCUT2D eigenvalue weighted by Gasteiger charge is 2.41. The van der Waals surface area contributed by atoms with Gasteiger partial charge in [0.1, 0.15) is 11.9 Å². The molecule has 2 saturated heterocycles. The number of rotatable bonds is 7. The summed E-state index contributed by atoms with van der Waals surface area (Å²) < 4.78 is 48.4. The number of ether oxygens (including phenoxy) is 2. The number of hydrogen-bond acceptors (Lipinski definition) is 6. The monoisotopic (exact) mass is 622 g/mol. The molecule has 4 heterocycles. The van der Waals surface area contributed by atoms with Crippen LogP contribution in [0.5, 0.6) is 11.6 Å². The van der Waals surface area contributed by atoms with Crippen LogP contribution >= 0.6 is 23.2 Å². The van der Waals surface area contributed by atoms with E-state index in [2.05, 4.69) is 26.5 Å². The molecule has 12 heteroatoms. The maximum absolute atomic E-state index is 13.2. The molecule has 224 valence electrons. The number of pyridine rings is 2. The number of alkyl halides is 3. The molecule has 2 aliphatic rings. The van der Waals surface area contributed by atoms with Crippen LogP contribution in [0.2, 0.25) is 10.0 Å². The first-order chi connectivity index (χ1) is 20.0. The number of likely N-dealkylation sites (tertiary alicyclic amines) is 2. The summed E-state index contributed by atoms with van der Waals surface area (Å²) in [5, 5.41) is 0.487. The number of nitrogens with zero attached hydrogens (tertiary/aromatic N) is 4. The summed E-state index contributed by atoms with van der Waals surface area (Å²) in [6, 6.07) is 11.3. The Kier molecular flexibility index (Phi) is 9.15. The second-order valence-corrected chi connectivity index (χ2v) is 11.7. The fraction of sp³-hybridized carbons (Fsp3) is 0.433. The van der Waals surface area contributed by atoms with Gasteiger partial charge in [0.05, 0.1) is 15.6 Å². The number of amides is 1. The minimum Gasteiger partial charge on any atom is -0.469 e. The third kappa shape index (κ3) is 7.10. The van der Waals surface area contributed by atoms with E-state index >= 15 is 0 Å². The molecular weight excluding hydrogens is 592 g/mol. The van der Waals surface area contributed by atoms with Crippen LogP contribution in [-0.2, 0) is 0 Å². The lowest BCUT2D eigenvalue weighted by Crippen LogP contribution is -2.56. The third-order valence-electron chi connectivity index (χ3n) is 8.25. The maximum atomic E-state index is 13.2. The molecule has 1 amide bonds. The quantitative estimate of drug-likeness (QED) is 0.277. The second-order valence-electron chi connectivity index (χ2n) is 10.9. The highest BCUT2D eigenvalue weighted by molar-refractivity contribution is 6.39. The molecule has 1 aromatic carbocycles. The van der Waals surface area contributed by atoms with Gasteiger partial charge >= 0.3 is 6.36 Å². The van der Waals surface area contributed by atoms with Crippen LogP contribution in [0.15, 0.2) is 61.1 Å². The number of benzene rings is 1. The minimum absolute atomic E-state index is 0.0818. The van der Waals surface area contributed by atoms with Crippen molar-refractivity contribution in [2.24, 2.45) is 5.92 Å². The lowest BCUT2D eigenvalue weighted by molar-refractivity contribution is -0.274. The first kappa shape index (κ1) is 30.4. The van der Waals surface area contributed by atoms with E-state index in [1.54, 1.807) is 35.4 Å². The zero-order valence-electron chi connectivity index (χ0n) is 23.0. The molecule has 2 aromatic heterocycles. The van der Waals surface area contributed by atoms with Crippen LogP contribution < -0.4 is 9.47 Å². The molecule has 0 bridgehead atoms. The number of piperidine rings is 2. The smallest absolute Gasteiger partial charge is 0.469 e. The van der Waals surface area contributed by atoms with Crippen molar-refractivity contribution in [3.8, 4) is 11.6 Å². The highest BCUT2D eigenvalue weighted by atomic mass is 35.5. The summed E-state index contributed by atoms with van der Waals surface area (Å²) in [5.74, 6) is 0.121. The molecule has 3 aromatic rings. The first-order valence-corrected chi connectivity index (χ1v) is 14.5. The van der Waals surface area contributed by atoms with Crippen LogP contribution in [0.4, 0.5) is 13.2 Å². The Bertz CT molecular complexity index is 1340. The Morgan fingerprint density at radius 2 is 1.64 bits per heavy atom. The number of hydrogen-bond donors (Lipinski definition) is 0. The predicted octanol–water partition coefficient (Wildman–Crippen LogP) is 7.21. The van der Waals surface area contributed by atoms with Gasteiger partial charge in [0, 0.05) is 49.2 Å². The number of aromatic nitrogens is 2. The Morgan fingerprint density at radius 3 is 2.21 bits per heavy atom. The molecule has 7 nitrogen and oxygen atoms in total. The van der Waals surface area contributed by atoms with Crippen molar-refractivity contribution in [1.82, 2.24) is 19.8 Å². The number of carbonyl (C=O) groups is 1. The van der Waals surface area contributed by atoms with Gasteiger partial charge in [-0.1, -0.05) is 41.4 Å². The van der Waals surface area contributed by atoms with E-state index in [-0.39, 0.29) is 44.8 Å². The summed E-state index contributed by atoms with van der Waals surface area (Å²) in [6.07, 6.45) is 2.63. The topological polar surface area (TPSA) is 67.8 Å². The van der Waals surface area contributed by atoms with E-state index in [1.165, 1.54) is 24.5 Å². The summed E-state index contributed by atoms with van der Waals surface area (Å²) >= 11 is 12.4. The van der Waals surface area contributed by atoms with E-state index in [4.69, 9.17) is 27.9 Å². The van der Waals surface area contributed by atoms with Crippen molar-refractivity contribution in [1.29, 1.82) is 0 Å². The molecule has 0 saturated carbocycles. The fourth-order valence-electron chi connectivity index (χ4n) is 5.87. The van der Waals surface area contributed by atoms with Gasteiger partial charge < -0.3 is 14.4 Å². The lowest BCUT2D eigenvalue weighted by Gasteiger charge is -2.49. The minimum atomic E-state index is -4.75. The SMILES string of the molecule is CC1(N2CCC(C(Oc3ccccn3)c3ccc(OC(F)(F)F)cc3)CC2)CCN(C(=O)c2c(Cl)cncc2Cl)CC1. The first-order valence-electron chi connectivity index (χ1n) is 13.8. The molecular formula is C30H31Cl2F3N4O3. The van der Waals surface area contributed by atoms with Gasteiger partial charge in [-0.05, 0) is 69.5 Å². The molecule has 0 N–H and O–H groups in total. The number of halogens is 5. The Labute approximate surface area is 252 Å². The summed E-state index contributed by atoms with van der Waals surface area (Å²) in [7, 11) is 0. The predicted molar refractivity (Wildman–Crippen MR) is 153 cm³/mol. The molecule has 1 unspecified atom stereocenters. The molecule has 5 rings (SSSR count). The average Bonchev–Trinajstić information content (AvgIpc) is 2.96. The van der Waals surface area contributed by atoms with E-state index in [0.717, 1.165) is 44.3 Å². The Balaban J connectivity index is 1.23. The van der Waals surface area contributed by atoms with Gasteiger partial charge in [0.15, 0.2) is 0 Å². The van der Waals surface area contributed by atoms with Crippen LogP contribution in [0.25, 0.3) is 0 Å². The fourth-order valence-corrected chi connectivity index (χ4v) is 6.39. The summed E-state index contributed by atoms with van der Waals surface area (Å²) in [6.45, 7) is 5.07. The van der Waals surface area contributed by atoms with Gasteiger partial charge in [-0.2, -0.15) is 0 Å². The van der Waals surface area contributed by atoms with Crippen molar-refractivity contribution >= 4 is 29.1 Å². The molecule has 0 spiro atoms. The second kappa shape index (κ2) is 12.7. The van der Waals surface area contributed by atoms with Crippen molar-refractivity contribution in [3.05, 3.63) is 82.2 Å². The van der Waals surface area contributed by atoms with Crippen LogP contribution in [0.3, 0.4) is 0 Å². The summed E-state index contributed by atoms with van der Waals surface area (Å²) in [4.78, 5) is 25.7. The maximum Gasteiger partial charge on any atom is 0.573 e. The molecule has 2 fully saturated rings. The van der Waals surface area contributed by atoms with Crippen LogP contribution in [0, 0.1) is 5.92 Å². The van der Waals surface area contributed by atoms with Crippen molar-refractivity contribution in [2.45, 2.75) is 50.6 Å². The standard InChI is InChI=1S/C30H31Cl2F3N4O3/c1-29(11-16-38(17-12-29)28(40)26-23(31)18-36-19-24(26)32)39-14-9-21(10-15-39)27(41-25-4-2-3-13-37-25)20-5-7-22(8-6-20)42-30(33,34)35/h2-8,13,18-19,21,27H,9-12,14-17H2,1H3. The normalized spacial score (nSPS) is 18.9. The van der Waals surface area contributed by atoms with Gasteiger partial charge in [0.2, 0.25) is 5.88 Å².